The van der Waals surface area contributed by atoms with Crippen LogP contribution in [-0.2, 0) is 27.3 Å². The molecule has 0 radical (unpaired) electrons. The van der Waals surface area contributed by atoms with E-state index in [-0.39, 0.29) is 23.5 Å². The smallest absolute Gasteiger partial charge is 0.311 e. The van der Waals surface area contributed by atoms with Crippen molar-refractivity contribution in [3.63, 3.8) is 0 Å². The van der Waals surface area contributed by atoms with Gasteiger partial charge in [0, 0.05) is 11.9 Å². The predicted octanol–water partition coefficient (Wildman–Crippen LogP) is 3.05. The van der Waals surface area contributed by atoms with E-state index in [1.807, 2.05) is 36.6 Å². The quantitative estimate of drug-likeness (QED) is 0.520. The van der Waals surface area contributed by atoms with E-state index in [4.69, 9.17) is 9.47 Å². The third-order valence-electron chi connectivity index (χ3n) is 3.43. The van der Waals surface area contributed by atoms with Crippen LogP contribution in [0.3, 0.4) is 0 Å². The Kier molecular flexibility index (Phi) is 7.93. The van der Waals surface area contributed by atoms with Crippen molar-refractivity contribution in [2.75, 3.05) is 13.7 Å². The lowest BCUT2D eigenvalue weighted by Gasteiger charge is -2.11. The van der Waals surface area contributed by atoms with E-state index < -0.39 is 0 Å². The number of methoxy groups -OCH3 is 1. The highest BCUT2D eigenvalue weighted by molar-refractivity contribution is 8.02. The average molecular weight is 395 g/mol. The zero-order valence-corrected chi connectivity index (χ0v) is 16.6. The second kappa shape index (κ2) is 10.2. The summed E-state index contributed by atoms with van der Waals surface area (Å²) in [6, 6.07) is 7.56. The van der Waals surface area contributed by atoms with Gasteiger partial charge in [-0.2, -0.15) is 0 Å². The molecule has 0 aliphatic rings. The number of thioether (sulfide) groups is 1. The van der Waals surface area contributed by atoms with Crippen LogP contribution in [-0.4, -0.2) is 35.8 Å². The van der Waals surface area contributed by atoms with Gasteiger partial charge in [0.1, 0.15) is 5.75 Å². The number of rotatable bonds is 9. The molecule has 0 saturated carbocycles. The van der Waals surface area contributed by atoms with Crippen LogP contribution >= 0.6 is 23.1 Å². The Morgan fingerprint density at radius 1 is 1.31 bits per heavy atom. The van der Waals surface area contributed by atoms with Gasteiger partial charge >= 0.3 is 5.97 Å². The van der Waals surface area contributed by atoms with Crippen LogP contribution in [0.5, 0.6) is 5.75 Å². The van der Waals surface area contributed by atoms with E-state index in [1.165, 1.54) is 23.1 Å². The highest BCUT2D eigenvalue weighted by Crippen LogP contribution is 2.27. The van der Waals surface area contributed by atoms with E-state index >= 15 is 0 Å². The van der Waals surface area contributed by atoms with Gasteiger partial charge in [-0.1, -0.05) is 23.9 Å². The van der Waals surface area contributed by atoms with E-state index in [0.29, 0.717) is 18.8 Å². The van der Waals surface area contributed by atoms with Crippen molar-refractivity contribution in [1.29, 1.82) is 0 Å². The summed E-state index contributed by atoms with van der Waals surface area (Å²) in [5, 5.41) is 4.45. The number of benzene rings is 1. The third kappa shape index (κ3) is 6.34. The summed E-state index contributed by atoms with van der Waals surface area (Å²) in [7, 11) is 1.62. The minimum Gasteiger partial charge on any atom is -0.497 e. The molecule has 0 fully saturated rings. The second-order valence-electron chi connectivity index (χ2n) is 5.41. The first-order valence-corrected chi connectivity index (χ1v) is 9.95. The Balaban J connectivity index is 1.80. The topological polar surface area (TPSA) is 77.5 Å². The van der Waals surface area contributed by atoms with Crippen LogP contribution in [0.4, 0.5) is 0 Å². The van der Waals surface area contributed by atoms with Crippen LogP contribution in [0, 0.1) is 0 Å². The minimum atomic E-state index is -0.292. The summed E-state index contributed by atoms with van der Waals surface area (Å²) >= 11 is 2.80. The maximum atomic E-state index is 12.3. The van der Waals surface area contributed by atoms with Gasteiger partial charge in [0.05, 0.1) is 31.1 Å². The molecule has 140 valence electrons. The van der Waals surface area contributed by atoms with E-state index in [1.54, 1.807) is 14.0 Å². The van der Waals surface area contributed by atoms with Gasteiger partial charge < -0.3 is 14.8 Å². The van der Waals surface area contributed by atoms with Crippen molar-refractivity contribution in [3.8, 4) is 5.75 Å². The number of carbonyl (C=O) groups excluding carboxylic acids is 2. The standard InChI is InChI=1S/C18H22N2O4S2/c1-4-24-16(21)9-14-11-25-18(20-14)26-12(2)17(22)19-10-13-5-7-15(23-3)8-6-13/h5-8,11-12H,4,9-10H2,1-3H3,(H,19,22)/t12-/m0/s1. The Bertz CT molecular complexity index is 731. The number of hydrogen-bond donors (Lipinski definition) is 1. The van der Waals surface area contributed by atoms with Crippen LogP contribution in [0.15, 0.2) is 34.0 Å². The number of aromatic nitrogens is 1. The molecule has 0 bridgehead atoms. The summed E-state index contributed by atoms with van der Waals surface area (Å²) in [6.45, 7) is 4.42. The lowest BCUT2D eigenvalue weighted by Crippen LogP contribution is -2.30. The predicted molar refractivity (Wildman–Crippen MR) is 103 cm³/mol. The highest BCUT2D eigenvalue weighted by Gasteiger charge is 2.17. The number of carbonyl (C=O) groups is 2. The molecule has 2 rings (SSSR count). The van der Waals surface area contributed by atoms with E-state index in [2.05, 4.69) is 10.3 Å². The number of nitrogens with one attached hydrogen (secondary N) is 1. The summed E-state index contributed by atoms with van der Waals surface area (Å²) in [6.07, 6.45) is 0.156. The summed E-state index contributed by atoms with van der Waals surface area (Å²) < 4.78 is 10.8. The van der Waals surface area contributed by atoms with Gasteiger partial charge in [-0.15, -0.1) is 11.3 Å². The molecule has 1 heterocycles. The minimum absolute atomic E-state index is 0.0621. The first-order valence-electron chi connectivity index (χ1n) is 8.19. The largest absolute Gasteiger partial charge is 0.497 e. The Morgan fingerprint density at radius 2 is 2.04 bits per heavy atom. The lowest BCUT2D eigenvalue weighted by atomic mass is 10.2. The van der Waals surface area contributed by atoms with Gasteiger partial charge in [-0.3, -0.25) is 9.59 Å². The van der Waals surface area contributed by atoms with Crippen LogP contribution in [0.1, 0.15) is 25.1 Å². The summed E-state index contributed by atoms with van der Waals surface area (Å²) in [5.74, 6) is 0.430. The molecule has 2 aromatic rings. The highest BCUT2D eigenvalue weighted by atomic mass is 32.2. The summed E-state index contributed by atoms with van der Waals surface area (Å²) in [4.78, 5) is 28.1. The average Bonchev–Trinajstić information content (AvgIpc) is 3.06. The number of amides is 1. The van der Waals surface area contributed by atoms with Crippen molar-refractivity contribution < 1.29 is 19.1 Å². The molecular formula is C18H22N2O4S2. The molecular weight excluding hydrogens is 372 g/mol. The fourth-order valence-corrected chi connectivity index (χ4v) is 4.07. The lowest BCUT2D eigenvalue weighted by molar-refractivity contribution is -0.142. The van der Waals surface area contributed by atoms with E-state index in [0.717, 1.165) is 15.7 Å². The molecule has 1 N–H and O–H groups in total. The Morgan fingerprint density at radius 3 is 2.69 bits per heavy atom. The first-order chi connectivity index (χ1) is 12.5. The number of esters is 1. The van der Waals surface area contributed by atoms with Gasteiger partial charge in [-0.25, -0.2) is 4.98 Å². The van der Waals surface area contributed by atoms with Gasteiger partial charge in [-0.05, 0) is 31.5 Å². The molecule has 0 aliphatic carbocycles. The third-order valence-corrected chi connectivity index (χ3v) is 5.55. The zero-order valence-electron chi connectivity index (χ0n) is 15.0. The van der Waals surface area contributed by atoms with Crippen molar-refractivity contribution in [2.24, 2.45) is 0 Å². The second-order valence-corrected chi connectivity index (χ2v) is 7.86. The SMILES string of the molecule is CCOC(=O)Cc1csc(S[C@@H](C)C(=O)NCc2ccc(OC)cc2)n1. The maximum Gasteiger partial charge on any atom is 0.311 e. The van der Waals surface area contributed by atoms with Gasteiger partial charge in [0.2, 0.25) is 5.91 Å². The molecule has 0 aliphatic heterocycles. The molecule has 0 spiro atoms. The van der Waals surface area contributed by atoms with Crippen molar-refractivity contribution in [3.05, 3.63) is 40.9 Å². The summed E-state index contributed by atoms with van der Waals surface area (Å²) in [5.41, 5.74) is 1.67. The van der Waals surface area contributed by atoms with Crippen LogP contribution in [0.25, 0.3) is 0 Å². The van der Waals surface area contributed by atoms with Crippen LogP contribution in [0.2, 0.25) is 0 Å². The van der Waals surface area contributed by atoms with Gasteiger partial charge in [0.25, 0.3) is 0 Å². The normalized spacial score (nSPS) is 11.7. The molecule has 1 aromatic carbocycles. The molecule has 1 aromatic heterocycles. The molecule has 0 unspecified atom stereocenters. The Labute approximate surface area is 161 Å². The van der Waals surface area contributed by atoms with Crippen molar-refractivity contribution in [1.82, 2.24) is 10.3 Å². The fraction of sp³-hybridized carbons (Fsp3) is 0.389. The number of nitrogens with zero attached hydrogens (tertiary/aromatic N) is 1. The van der Waals surface area contributed by atoms with Crippen molar-refractivity contribution in [2.45, 2.75) is 36.4 Å². The zero-order chi connectivity index (χ0) is 18.9. The molecule has 8 heteroatoms. The van der Waals surface area contributed by atoms with Gasteiger partial charge in [0.15, 0.2) is 4.34 Å². The molecule has 26 heavy (non-hydrogen) atoms. The Hall–Kier alpha value is -2.06. The number of hydrogen-bond acceptors (Lipinski definition) is 7. The van der Waals surface area contributed by atoms with Crippen LogP contribution < -0.4 is 10.1 Å². The number of ether oxygens (including phenoxy) is 2. The van der Waals surface area contributed by atoms with E-state index in [9.17, 15) is 9.59 Å². The maximum absolute atomic E-state index is 12.3. The fourth-order valence-electron chi connectivity index (χ4n) is 2.06. The molecule has 6 nitrogen and oxygen atoms in total. The molecule has 1 atom stereocenters. The monoisotopic (exact) mass is 394 g/mol. The number of thiazole rings is 1. The molecule has 0 saturated heterocycles. The first kappa shape index (κ1) is 20.3. The van der Waals surface area contributed by atoms with Crippen molar-refractivity contribution >= 4 is 35.0 Å². The molecule has 1 amide bonds.